The summed E-state index contributed by atoms with van der Waals surface area (Å²) in [7, 11) is 0. The average Bonchev–Trinajstić information content (AvgIpc) is 2.91. The zero-order valence-electron chi connectivity index (χ0n) is 22.5. The van der Waals surface area contributed by atoms with Crippen LogP contribution in [0.15, 0.2) is 67.0 Å². The Morgan fingerprint density at radius 3 is 2.41 bits per heavy atom. The smallest absolute Gasteiger partial charge is 0.407 e. The summed E-state index contributed by atoms with van der Waals surface area (Å²) in [5.41, 5.74) is 7.82. The van der Waals surface area contributed by atoms with Crippen molar-refractivity contribution >= 4 is 28.5 Å². The number of alkyl carbamates (subject to hydrolysis) is 1. The van der Waals surface area contributed by atoms with E-state index in [0.717, 1.165) is 42.0 Å². The van der Waals surface area contributed by atoms with Crippen molar-refractivity contribution in [3.8, 4) is 22.9 Å². The minimum atomic E-state index is -0.507. The molecule has 39 heavy (non-hydrogen) atoms. The fraction of sp³-hybridized carbons (Fsp3) is 0.333. The van der Waals surface area contributed by atoms with Gasteiger partial charge in [0.05, 0.1) is 11.3 Å². The van der Waals surface area contributed by atoms with Crippen LogP contribution in [0.2, 0.25) is 0 Å². The van der Waals surface area contributed by atoms with Gasteiger partial charge >= 0.3 is 6.09 Å². The first kappa shape index (κ1) is 26.2. The Kier molecular flexibility index (Phi) is 7.49. The van der Waals surface area contributed by atoms with Gasteiger partial charge in [-0.25, -0.2) is 19.7 Å². The fourth-order valence-corrected chi connectivity index (χ4v) is 4.77. The quantitative estimate of drug-likeness (QED) is 0.250. The number of anilines is 2. The van der Waals surface area contributed by atoms with Crippen LogP contribution in [-0.2, 0) is 4.74 Å². The molecule has 2 heterocycles. The second kappa shape index (κ2) is 11.1. The van der Waals surface area contributed by atoms with Crippen LogP contribution in [0, 0.1) is 0 Å². The normalized spacial score (nSPS) is 17.4. The second-order valence-corrected chi connectivity index (χ2v) is 10.8. The molecule has 0 aliphatic heterocycles. The molecule has 1 amide bonds. The summed E-state index contributed by atoms with van der Waals surface area (Å²) >= 11 is 0. The lowest BCUT2D eigenvalue weighted by Gasteiger charge is -2.30. The van der Waals surface area contributed by atoms with Gasteiger partial charge in [0, 0.05) is 40.9 Å². The van der Waals surface area contributed by atoms with Crippen LogP contribution < -0.4 is 21.1 Å². The number of amides is 1. The van der Waals surface area contributed by atoms with Crippen molar-refractivity contribution in [2.75, 3.05) is 11.1 Å². The maximum absolute atomic E-state index is 12.1. The third-order valence-electron chi connectivity index (χ3n) is 6.61. The Labute approximate surface area is 228 Å². The second-order valence-electron chi connectivity index (χ2n) is 10.8. The number of hydrogen-bond acceptors (Lipinski definition) is 8. The van der Waals surface area contributed by atoms with Crippen LogP contribution in [0.5, 0.6) is 11.6 Å². The number of carbonyl (C=O) groups excluding carboxylic acids is 1. The van der Waals surface area contributed by atoms with Crippen molar-refractivity contribution in [1.82, 2.24) is 20.3 Å². The minimum absolute atomic E-state index is 0.102. The molecule has 1 fully saturated rings. The first-order valence-electron chi connectivity index (χ1n) is 13.2. The summed E-state index contributed by atoms with van der Waals surface area (Å²) in [5.74, 6) is 1.67. The first-order chi connectivity index (χ1) is 18.7. The van der Waals surface area contributed by atoms with Gasteiger partial charge in [-0.2, -0.15) is 0 Å². The van der Waals surface area contributed by atoms with Crippen LogP contribution in [0.1, 0.15) is 46.5 Å². The molecule has 4 aromatic rings. The highest BCUT2D eigenvalue weighted by Gasteiger charge is 2.25. The monoisotopic (exact) mass is 526 g/mol. The molecule has 5 rings (SSSR count). The van der Waals surface area contributed by atoms with E-state index in [1.807, 2.05) is 75.4 Å². The van der Waals surface area contributed by atoms with Crippen LogP contribution in [-0.4, -0.2) is 38.7 Å². The highest BCUT2D eigenvalue weighted by Crippen LogP contribution is 2.36. The molecule has 1 saturated carbocycles. The lowest BCUT2D eigenvalue weighted by Crippen LogP contribution is -2.42. The van der Waals surface area contributed by atoms with Gasteiger partial charge < -0.3 is 25.8 Å². The SMILES string of the molecule is CC(C)(C)OC(=O)NC1CCC(Nc2nccc(-c3cccnc3Oc3ccc(N)c4ccccc34)n2)CC1. The van der Waals surface area contributed by atoms with Crippen LogP contribution in [0.25, 0.3) is 22.0 Å². The van der Waals surface area contributed by atoms with Crippen molar-refractivity contribution in [2.24, 2.45) is 0 Å². The predicted molar refractivity (Wildman–Crippen MR) is 153 cm³/mol. The molecule has 2 aromatic heterocycles. The van der Waals surface area contributed by atoms with E-state index in [1.165, 1.54) is 0 Å². The lowest BCUT2D eigenvalue weighted by atomic mass is 9.91. The molecule has 0 unspecified atom stereocenters. The lowest BCUT2D eigenvalue weighted by molar-refractivity contribution is 0.0492. The third-order valence-corrected chi connectivity index (χ3v) is 6.61. The van der Waals surface area contributed by atoms with Crippen molar-refractivity contribution in [1.29, 1.82) is 0 Å². The predicted octanol–water partition coefficient (Wildman–Crippen LogP) is 6.31. The van der Waals surface area contributed by atoms with Crippen molar-refractivity contribution < 1.29 is 14.3 Å². The standard InChI is InChI=1S/C30H34N6O3/c1-30(2,3)39-29(37)35-20-12-10-19(11-13-20)34-28-33-18-16-25(36-28)23-9-6-17-32-27(23)38-26-15-14-24(31)21-7-4-5-8-22(21)26/h4-9,14-20H,10-13,31H2,1-3H3,(H,35,37)(H,33,34,36). The van der Waals surface area contributed by atoms with E-state index in [2.05, 4.69) is 20.6 Å². The van der Waals surface area contributed by atoms with Crippen molar-refractivity contribution in [3.63, 3.8) is 0 Å². The number of nitrogens with one attached hydrogen (secondary N) is 2. The zero-order chi connectivity index (χ0) is 27.4. The van der Waals surface area contributed by atoms with E-state index < -0.39 is 5.60 Å². The molecule has 9 nitrogen and oxygen atoms in total. The summed E-state index contributed by atoms with van der Waals surface area (Å²) in [6.45, 7) is 5.59. The average molecular weight is 527 g/mol. The van der Waals surface area contributed by atoms with E-state index in [-0.39, 0.29) is 18.2 Å². The summed E-state index contributed by atoms with van der Waals surface area (Å²) < 4.78 is 11.7. The highest BCUT2D eigenvalue weighted by atomic mass is 16.6. The molecule has 4 N–H and O–H groups in total. The third kappa shape index (κ3) is 6.54. The molecule has 2 aromatic carbocycles. The number of nitrogens with zero attached hydrogens (tertiary/aromatic N) is 3. The molecule has 0 saturated heterocycles. The van der Waals surface area contributed by atoms with Crippen molar-refractivity contribution in [3.05, 3.63) is 67.0 Å². The Hall–Kier alpha value is -4.40. The number of rotatable bonds is 6. The molecule has 0 atom stereocenters. The van der Waals surface area contributed by atoms with Gasteiger partial charge in [0.1, 0.15) is 11.4 Å². The Bertz CT molecular complexity index is 1460. The first-order valence-corrected chi connectivity index (χ1v) is 13.2. The largest absolute Gasteiger partial charge is 0.444 e. The van der Waals surface area contributed by atoms with Gasteiger partial charge in [0.2, 0.25) is 11.8 Å². The summed E-state index contributed by atoms with van der Waals surface area (Å²) in [6.07, 6.45) is 6.55. The van der Waals surface area contributed by atoms with E-state index >= 15 is 0 Å². The molecule has 0 spiro atoms. The van der Waals surface area contributed by atoms with E-state index in [0.29, 0.717) is 29.0 Å². The molecule has 1 aliphatic rings. The van der Waals surface area contributed by atoms with Crippen LogP contribution in [0.3, 0.4) is 0 Å². The highest BCUT2D eigenvalue weighted by molar-refractivity contribution is 5.97. The number of aromatic nitrogens is 3. The molecular weight excluding hydrogens is 492 g/mol. The zero-order valence-corrected chi connectivity index (χ0v) is 22.5. The minimum Gasteiger partial charge on any atom is -0.444 e. The number of benzene rings is 2. The number of carbonyl (C=O) groups is 1. The number of nitrogen functional groups attached to an aromatic ring is 1. The maximum atomic E-state index is 12.1. The van der Waals surface area contributed by atoms with Gasteiger partial charge in [-0.3, -0.25) is 0 Å². The molecule has 0 bridgehead atoms. The summed E-state index contributed by atoms with van der Waals surface area (Å²) in [6, 6.07) is 17.5. The topological polar surface area (TPSA) is 124 Å². The summed E-state index contributed by atoms with van der Waals surface area (Å²) in [4.78, 5) is 25.8. The van der Waals surface area contributed by atoms with Gasteiger partial charge in [-0.1, -0.05) is 24.3 Å². The van der Waals surface area contributed by atoms with Gasteiger partial charge in [-0.15, -0.1) is 0 Å². The number of pyridine rings is 1. The molecule has 9 heteroatoms. The van der Waals surface area contributed by atoms with Gasteiger partial charge in [0.15, 0.2) is 0 Å². The van der Waals surface area contributed by atoms with E-state index in [9.17, 15) is 4.79 Å². The Balaban J connectivity index is 1.27. The molecule has 1 aliphatic carbocycles. The fourth-order valence-electron chi connectivity index (χ4n) is 4.77. The number of hydrogen-bond donors (Lipinski definition) is 3. The molecular formula is C30H34N6O3. The van der Waals surface area contributed by atoms with E-state index in [1.54, 1.807) is 12.4 Å². The molecule has 202 valence electrons. The number of ether oxygens (including phenoxy) is 2. The van der Waals surface area contributed by atoms with Crippen LogP contribution in [0.4, 0.5) is 16.4 Å². The molecule has 0 radical (unpaired) electrons. The van der Waals surface area contributed by atoms with Gasteiger partial charge in [-0.05, 0) is 76.8 Å². The van der Waals surface area contributed by atoms with E-state index in [4.69, 9.17) is 20.2 Å². The summed E-state index contributed by atoms with van der Waals surface area (Å²) in [5, 5.41) is 8.28. The Morgan fingerprint density at radius 1 is 0.897 bits per heavy atom. The maximum Gasteiger partial charge on any atom is 0.407 e. The Morgan fingerprint density at radius 2 is 1.64 bits per heavy atom. The van der Waals surface area contributed by atoms with Crippen LogP contribution >= 0.6 is 0 Å². The number of fused-ring (bicyclic) bond motifs is 1. The van der Waals surface area contributed by atoms with Gasteiger partial charge in [0.25, 0.3) is 0 Å². The van der Waals surface area contributed by atoms with Crippen molar-refractivity contribution in [2.45, 2.75) is 64.1 Å². The number of nitrogens with two attached hydrogens (primary N) is 1.